The summed E-state index contributed by atoms with van der Waals surface area (Å²) in [7, 11) is 0. The molecular formula is C19H20N4S2. The Balaban J connectivity index is 1.64. The van der Waals surface area contributed by atoms with Gasteiger partial charge in [0.15, 0.2) is 10.6 Å². The lowest BCUT2D eigenvalue weighted by Gasteiger charge is -2.26. The molecule has 0 spiro atoms. The van der Waals surface area contributed by atoms with Crippen molar-refractivity contribution in [2.24, 2.45) is 0 Å². The van der Waals surface area contributed by atoms with E-state index >= 15 is 0 Å². The first-order valence-corrected chi connectivity index (χ1v) is 9.66. The molecule has 1 aliphatic heterocycles. The van der Waals surface area contributed by atoms with Gasteiger partial charge in [0, 0.05) is 30.1 Å². The maximum atomic E-state index is 5.70. The lowest BCUT2D eigenvalue weighted by Crippen LogP contribution is -2.32. The van der Waals surface area contributed by atoms with Crippen molar-refractivity contribution in [3.8, 4) is 11.4 Å². The highest BCUT2D eigenvalue weighted by atomic mass is 32.1. The van der Waals surface area contributed by atoms with E-state index in [1.54, 1.807) is 0 Å². The normalized spacial score (nSPS) is 14.4. The van der Waals surface area contributed by atoms with Gasteiger partial charge in [0.05, 0.1) is 6.67 Å². The van der Waals surface area contributed by atoms with Crippen molar-refractivity contribution < 1.29 is 0 Å². The average molecular weight is 369 g/mol. The molecule has 4 rings (SSSR count). The Bertz CT molecular complexity index is 936. The van der Waals surface area contributed by atoms with Gasteiger partial charge in [-0.3, -0.25) is 9.47 Å². The lowest BCUT2D eigenvalue weighted by atomic mass is 10.1. The minimum atomic E-state index is 0.664. The molecule has 2 aromatic heterocycles. The van der Waals surface area contributed by atoms with Crippen molar-refractivity contribution in [3.05, 3.63) is 69.6 Å². The van der Waals surface area contributed by atoms with Crippen LogP contribution in [0.2, 0.25) is 0 Å². The van der Waals surface area contributed by atoms with Gasteiger partial charge in [-0.05, 0) is 35.6 Å². The third-order valence-electron chi connectivity index (χ3n) is 4.49. The fraction of sp³-hybridized carbons (Fsp3) is 0.263. The molecule has 0 fully saturated rings. The van der Waals surface area contributed by atoms with E-state index in [-0.39, 0.29) is 0 Å². The van der Waals surface area contributed by atoms with E-state index in [9.17, 15) is 0 Å². The van der Waals surface area contributed by atoms with Crippen LogP contribution in [-0.2, 0) is 26.2 Å². The number of hydrogen-bond donors (Lipinski definition) is 0. The summed E-state index contributed by atoms with van der Waals surface area (Å²) in [5.74, 6) is 0.902. The van der Waals surface area contributed by atoms with Crippen LogP contribution < -0.4 is 0 Å². The predicted molar refractivity (Wildman–Crippen MR) is 105 cm³/mol. The minimum absolute atomic E-state index is 0.664. The summed E-state index contributed by atoms with van der Waals surface area (Å²) in [6.45, 7) is 7.26. The molecule has 0 atom stereocenters. The van der Waals surface area contributed by atoms with Crippen molar-refractivity contribution in [1.29, 1.82) is 0 Å². The van der Waals surface area contributed by atoms with E-state index in [0.29, 0.717) is 6.54 Å². The quantitative estimate of drug-likeness (QED) is 0.495. The summed E-state index contributed by atoms with van der Waals surface area (Å²) in [5.41, 5.74) is 2.52. The Hall–Kier alpha value is -2.02. The van der Waals surface area contributed by atoms with E-state index in [0.717, 1.165) is 42.3 Å². The van der Waals surface area contributed by atoms with Gasteiger partial charge in [-0.1, -0.05) is 36.4 Å². The first kappa shape index (κ1) is 16.4. The maximum Gasteiger partial charge on any atom is 0.199 e. The summed E-state index contributed by atoms with van der Waals surface area (Å²) < 4.78 is 4.74. The van der Waals surface area contributed by atoms with Gasteiger partial charge in [0.2, 0.25) is 0 Å². The zero-order chi connectivity index (χ0) is 17.2. The zero-order valence-corrected chi connectivity index (χ0v) is 15.6. The number of hydrogen-bond acceptors (Lipinski definition) is 4. The first-order chi connectivity index (χ1) is 12.3. The van der Waals surface area contributed by atoms with Gasteiger partial charge in [-0.15, -0.1) is 17.9 Å². The summed E-state index contributed by atoms with van der Waals surface area (Å²) in [6.07, 6.45) is 2.98. The smallest absolute Gasteiger partial charge is 0.199 e. The second kappa shape index (κ2) is 7.07. The molecule has 128 valence electrons. The molecule has 3 heterocycles. The van der Waals surface area contributed by atoms with Crippen LogP contribution in [0.25, 0.3) is 11.4 Å². The minimum Gasteiger partial charge on any atom is -0.296 e. The lowest BCUT2D eigenvalue weighted by molar-refractivity contribution is 0.189. The Morgan fingerprint density at radius 2 is 2.08 bits per heavy atom. The van der Waals surface area contributed by atoms with Gasteiger partial charge in [-0.2, -0.15) is 5.10 Å². The summed E-state index contributed by atoms with van der Waals surface area (Å²) >= 11 is 7.56. The van der Waals surface area contributed by atoms with Crippen LogP contribution in [0.5, 0.6) is 0 Å². The molecule has 1 aromatic carbocycles. The van der Waals surface area contributed by atoms with E-state index in [1.807, 2.05) is 40.3 Å². The van der Waals surface area contributed by atoms with E-state index in [1.165, 1.54) is 10.4 Å². The molecule has 6 heteroatoms. The summed E-state index contributed by atoms with van der Waals surface area (Å²) in [4.78, 5) is 3.92. The van der Waals surface area contributed by atoms with Gasteiger partial charge in [0.25, 0.3) is 0 Å². The highest BCUT2D eigenvalue weighted by molar-refractivity contribution is 7.71. The monoisotopic (exact) mass is 368 g/mol. The molecular weight excluding hydrogens is 348 g/mol. The second-order valence-electron chi connectivity index (χ2n) is 6.18. The third-order valence-corrected chi connectivity index (χ3v) is 5.94. The molecule has 1 aliphatic rings. The Morgan fingerprint density at radius 1 is 1.24 bits per heavy atom. The van der Waals surface area contributed by atoms with Crippen molar-refractivity contribution in [2.75, 3.05) is 6.54 Å². The predicted octanol–water partition coefficient (Wildman–Crippen LogP) is 4.34. The molecule has 25 heavy (non-hydrogen) atoms. The van der Waals surface area contributed by atoms with Crippen LogP contribution in [0, 0.1) is 4.77 Å². The molecule has 0 aliphatic carbocycles. The third kappa shape index (κ3) is 3.25. The van der Waals surface area contributed by atoms with Crippen molar-refractivity contribution >= 4 is 23.6 Å². The van der Waals surface area contributed by atoms with E-state index < -0.39 is 0 Å². The highest BCUT2D eigenvalue weighted by Gasteiger charge is 2.19. The Morgan fingerprint density at radius 3 is 2.88 bits per heavy atom. The fourth-order valence-electron chi connectivity index (χ4n) is 3.24. The number of benzene rings is 1. The first-order valence-electron chi connectivity index (χ1n) is 8.38. The Labute approximate surface area is 156 Å². The van der Waals surface area contributed by atoms with Crippen LogP contribution in [-0.4, -0.2) is 25.8 Å². The number of thiophene rings is 1. The van der Waals surface area contributed by atoms with Gasteiger partial charge in [0.1, 0.15) is 0 Å². The molecule has 0 bridgehead atoms. The number of nitrogens with zero attached hydrogens (tertiary/aromatic N) is 4. The highest BCUT2D eigenvalue weighted by Crippen LogP contribution is 2.25. The largest absolute Gasteiger partial charge is 0.296 e. The zero-order valence-electron chi connectivity index (χ0n) is 14.0. The van der Waals surface area contributed by atoms with Crippen molar-refractivity contribution in [2.45, 2.75) is 26.2 Å². The number of rotatable bonds is 5. The topological polar surface area (TPSA) is 26.0 Å². The molecule has 0 saturated carbocycles. The van der Waals surface area contributed by atoms with Crippen LogP contribution in [0.4, 0.5) is 0 Å². The Kier molecular flexibility index (Phi) is 4.65. The maximum absolute atomic E-state index is 5.70. The average Bonchev–Trinajstić information content (AvgIpc) is 3.22. The molecule has 4 nitrogen and oxygen atoms in total. The SMILES string of the molecule is C=CCn1c(-c2ccccc2)nn(CN2CCc3sccc3C2)c1=S. The van der Waals surface area contributed by atoms with Crippen molar-refractivity contribution in [1.82, 2.24) is 19.2 Å². The van der Waals surface area contributed by atoms with Crippen LogP contribution >= 0.6 is 23.6 Å². The standard InChI is InChI=1S/C19H20N4S2/c1-2-10-22-18(15-6-4-3-5-7-15)20-23(19(22)24)14-21-11-8-17-16(13-21)9-12-25-17/h2-7,9,12H,1,8,10-11,13-14H2. The van der Waals surface area contributed by atoms with Gasteiger partial charge < -0.3 is 0 Å². The van der Waals surface area contributed by atoms with Crippen LogP contribution in [0.3, 0.4) is 0 Å². The molecule has 0 unspecified atom stereocenters. The summed E-state index contributed by atoms with van der Waals surface area (Å²) in [6, 6.07) is 12.4. The van der Waals surface area contributed by atoms with Crippen LogP contribution in [0.15, 0.2) is 54.4 Å². The number of fused-ring (bicyclic) bond motifs is 1. The molecule has 0 saturated heterocycles. The summed E-state index contributed by atoms with van der Waals surface area (Å²) in [5, 5.41) is 7.01. The molecule has 0 radical (unpaired) electrons. The number of aromatic nitrogens is 3. The second-order valence-corrected chi connectivity index (χ2v) is 7.55. The van der Waals surface area contributed by atoms with Gasteiger partial charge >= 0.3 is 0 Å². The molecule has 0 N–H and O–H groups in total. The van der Waals surface area contributed by atoms with E-state index in [4.69, 9.17) is 17.3 Å². The van der Waals surface area contributed by atoms with Crippen molar-refractivity contribution in [3.63, 3.8) is 0 Å². The van der Waals surface area contributed by atoms with Crippen LogP contribution in [0.1, 0.15) is 10.4 Å². The molecule has 0 amide bonds. The fourth-order valence-corrected chi connectivity index (χ4v) is 4.39. The van der Waals surface area contributed by atoms with Gasteiger partial charge in [-0.25, -0.2) is 4.68 Å². The van der Waals surface area contributed by atoms with E-state index in [2.05, 4.69) is 39.6 Å². The molecule has 3 aromatic rings. The number of allylic oxidation sites excluding steroid dienone is 1.